The molecule has 2 heterocycles. The van der Waals surface area contributed by atoms with Crippen molar-refractivity contribution in [3.8, 4) is 0 Å². The summed E-state index contributed by atoms with van der Waals surface area (Å²) in [4.78, 5) is 54.9. The highest BCUT2D eigenvalue weighted by Gasteiger charge is 2.44. The number of nitrogens with one attached hydrogen (secondary N) is 1. The van der Waals surface area contributed by atoms with Crippen LogP contribution in [0.3, 0.4) is 0 Å². The van der Waals surface area contributed by atoms with Gasteiger partial charge in [0.1, 0.15) is 6.61 Å². The summed E-state index contributed by atoms with van der Waals surface area (Å²) in [7, 11) is 0. The van der Waals surface area contributed by atoms with Crippen molar-refractivity contribution in [3.05, 3.63) is 76.0 Å². The normalized spacial score (nSPS) is 19.3. The van der Waals surface area contributed by atoms with Gasteiger partial charge >= 0.3 is 6.09 Å². The van der Waals surface area contributed by atoms with Crippen LogP contribution < -0.4 is 10.2 Å². The van der Waals surface area contributed by atoms with Crippen molar-refractivity contribution in [1.82, 2.24) is 10.2 Å². The molecular formula is C34H43N3O6. The Morgan fingerprint density at radius 2 is 1.65 bits per heavy atom. The zero-order valence-electron chi connectivity index (χ0n) is 26.1. The first-order chi connectivity index (χ1) is 20.3. The number of anilines is 1. The van der Waals surface area contributed by atoms with Crippen LogP contribution in [0.25, 0.3) is 0 Å². The number of hydrogen-bond donors (Lipinski definition) is 2. The van der Waals surface area contributed by atoms with E-state index in [0.717, 1.165) is 22.3 Å². The number of carbonyl (C=O) groups is 4. The van der Waals surface area contributed by atoms with E-state index < -0.39 is 24.4 Å². The third kappa shape index (κ3) is 6.82. The van der Waals surface area contributed by atoms with Crippen LogP contribution in [0.2, 0.25) is 0 Å². The lowest BCUT2D eigenvalue weighted by molar-refractivity contribution is -0.130. The Morgan fingerprint density at radius 1 is 1.02 bits per heavy atom. The molecule has 2 aliphatic rings. The molecule has 0 aliphatic carbocycles. The van der Waals surface area contributed by atoms with Crippen LogP contribution in [-0.2, 0) is 27.4 Å². The molecule has 4 rings (SSSR count). The number of hydrogen-bond acceptors (Lipinski definition) is 6. The molecule has 0 spiro atoms. The summed E-state index contributed by atoms with van der Waals surface area (Å²) < 4.78 is 5.65. The number of nitrogens with zero attached hydrogens (tertiary/aromatic N) is 2. The minimum atomic E-state index is -1.29. The van der Waals surface area contributed by atoms with Crippen LogP contribution in [0.1, 0.15) is 80.1 Å². The molecule has 0 saturated heterocycles. The zero-order chi connectivity index (χ0) is 31.6. The molecule has 0 aromatic heterocycles. The molecule has 230 valence electrons. The Hall–Kier alpha value is -3.98. The van der Waals surface area contributed by atoms with Gasteiger partial charge in [0, 0.05) is 18.5 Å². The number of ketones is 1. The number of benzene rings is 2. The lowest BCUT2D eigenvalue weighted by Crippen LogP contribution is -2.50. The number of rotatable bonds is 9. The van der Waals surface area contributed by atoms with E-state index in [1.807, 2.05) is 41.5 Å². The molecule has 0 fully saturated rings. The topological polar surface area (TPSA) is 116 Å². The van der Waals surface area contributed by atoms with Gasteiger partial charge in [0.2, 0.25) is 5.91 Å². The summed E-state index contributed by atoms with van der Waals surface area (Å²) in [5, 5.41) is 14.2. The largest absolute Gasteiger partial charge is 0.444 e. The SMILES string of the molecule is CC[C@H](C(=O)N[C@@H](C)C(=O)Cc1ccc(COC(=O)N2c3cc(C)c(C)cc3C(=O)N3C=C(C)C[C@H]3[C@@H]2O)cc1)C(C)C. The number of aliphatic hydroxyl groups excluding tert-OH is 1. The monoisotopic (exact) mass is 589 g/mol. The highest BCUT2D eigenvalue weighted by molar-refractivity contribution is 6.06. The van der Waals surface area contributed by atoms with E-state index in [1.165, 1.54) is 9.80 Å². The first-order valence-electron chi connectivity index (χ1n) is 15.0. The number of fused-ring (bicyclic) bond motifs is 2. The zero-order valence-corrected chi connectivity index (χ0v) is 26.1. The molecule has 0 unspecified atom stereocenters. The second kappa shape index (κ2) is 13.1. The second-order valence-corrected chi connectivity index (χ2v) is 12.2. The summed E-state index contributed by atoms with van der Waals surface area (Å²) in [6.07, 6.45) is 1.01. The van der Waals surface area contributed by atoms with Gasteiger partial charge in [0.25, 0.3) is 5.91 Å². The van der Waals surface area contributed by atoms with Crippen LogP contribution in [0.15, 0.2) is 48.2 Å². The molecule has 43 heavy (non-hydrogen) atoms. The van der Waals surface area contributed by atoms with E-state index in [1.54, 1.807) is 49.5 Å². The molecular weight excluding hydrogens is 546 g/mol. The number of aliphatic hydroxyl groups is 1. The maximum atomic E-state index is 13.5. The quantitative estimate of drug-likeness (QED) is 0.416. The van der Waals surface area contributed by atoms with E-state index in [2.05, 4.69) is 5.32 Å². The van der Waals surface area contributed by atoms with E-state index in [4.69, 9.17) is 4.74 Å². The second-order valence-electron chi connectivity index (χ2n) is 12.2. The predicted molar refractivity (Wildman–Crippen MR) is 164 cm³/mol. The summed E-state index contributed by atoms with van der Waals surface area (Å²) in [5.41, 5.74) is 4.87. The Kier molecular flexibility index (Phi) is 9.75. The standard InChI is InChI=1S/C34H43N3O6/c1-8-26(19(2)3)31(39)35-23(7)30(38)16-24-9-11-25(12-10-24)18-43-34(42)37-28-15-22(6)21(5)14-27(28)32(40)36-17-20(4)13-29(36)33(37)41/h9-12,14-15,17,19,23,26,29,33,41H,8,13,16,18H2,1-7H3,(H,35,39)/t23-,26-,29-,33-/m0/s1. The number of aryl methyl sites for hydroxylation is 2. The molecule has 3 amide bonds. The van der Waals surface area contributed by atoms with Crippen molar-refractivity contribution in [3.63, 3.8) is 0 Å². The van der Waals surface area contributed by atoms with E-state index in [-0.39, 0.29) is 42.5 Å². The Morgan fingerprint density at radius 3 is 2.28 bits per heavy atom. The van der Waals surface area contributed by atoms with Crippen molar-refractivity contribution in [2.24, 2.45) is 11.8 Å². The molecule has 0 bridgehead atoms. The van der Waals surface area contributed by atoms with Crippen molar-refractivity contribution in [2.75, 3.05) is 4.90 Å². The lowest BCUT2D eigenvalue weighted by atomic mass is 9.92. The average Bonchev–Trinajstić information content (AvgIpc) is 3.32. The third-order valence-electron chi connectivity index (χ3n) is 8.58. The summed E-state index contributed by atoms with van der Waals surface area (Å²) in [6, 6.07) is 9.43. The molecule has 9 nitrogen and oxygen atoms in total. The van der Waals surface area contributed by atoms with Crippen LogP contribution in [0, 0.1) is 25.7 Å². The molecule has 2 aromatic rings. The number of Topliss-reactive ketones (excluding diaryl/α,β-unsaturated/α-hetero) is 1. The Labute approximate surface area is 253 Å². The molecule has 0 saturated carbocycles. The Bertz CT molecular complexity index is 1430. The first-order valence-corrected chi connectivity index (χ1v) is 15.0. The van der Waals surface area contributed by atoms with Gasteiger partial charge in [0.05, 0.1) is 23.3 Å². The predicted octanol–water partition coefficient (Wildman–Crippen LogP) is 5.20. The van der Waals surface area contributed by atoms with E-state index >= 15 is 0 Å². The molecule has 2 aliphatic heterocycles. The van der Waals surface area contributed by atoms with Gasteiger partial charge in [-0.25, -0.2) is 9.69 Å². The van der Waals surface area contributed by atoms with Crippen molar-refractivity contribution in [1.29, 1.82) is 0 Å². The summed E-state index contributed by atoms with van der Waals surface area (Å²) in [6.45, 7) is 13.3. The van der Waals surface area contributed by atoms with Crippen molar-refractivity contribution in [2.45, 2.75) is 92.6 Å². The van der Waals surface area contributed by atoms with Gasteiger partial charge in [-0.15, -0.1) is 0 Å². The average molecular weight is 590 g/mol. The minimum absolute atomic E-state index is 0.0594. The van der Waals surface area contributed by atoms with E-state index in [0.29, 0.717) is 29.7 Å². The molecule has 4 atom stereocenters. The number of ether oxygens (including phenoxy) is 1. The van der Waals surface area contributed by atoms with Gasteiger partial charge < -0.3 is 20.1 Å². The van der Waals surface area contributed by atoms with Gasteiger partial charge in [0.15, 0.2) is 12.0 Å². The molecule has 2 N–H and O–H groups in total. The number of amides is 3. The van der Waals surface area contributed by atoms with Gasteiger partial charge in [-0.2, -0.15) is 0 Å². The lowest BCUT2D eigenvalue weighted by Gasteiger charge is -2.31. The maximum absolute atomic E-state index is 13.5. The highest BCUT2D eigenvalue weighted by Crippen LogP contribution is 2.37. The molecule has 2 aromatic carbocycles. The fourth-order valence-electron chi connectivity index (χ4n) is 5.79. The fourth-order valence-corrected chi connectivity index (χ4v) is 5.79. The maximum Gasteiger partial charge on any atom is 0.416 e. The molecule has 9 heteroatoms. The van der Waals surface area contributed by atoms with Crippen molar-refractivity contribution < 1.29 is 29.0 Å². The third-order valence-corrected chi connectivity index (χ3v) is 8.58. The van der Waals surface area contributed by atoms with Crippen LogP contribution in [0.5, 0.6) is 0 Å². The summed E-state index contributed by atoms with van der Waals surface area (Å²) >= 11 is 0. The van der Waals surface area contributed by atoms with Crippen LogP contribution in [-0.4, -0.2) is 52.0 Å². The fraction of sp³-hybridized carbons (Fsp3) is 0.471. The highest BCUT2D eigenvalue weighted by atomic mass is 16.6. The smallest absolute Gasteiger partial charge is 0.416 e. The van der Waals surface area contributed by atoms with Crippen LogP contribution >= 0.6 is 0 Å². The van der Waals surface area contributed by atoms with Crippen LogP contribution in [0.4, 0.5) is 10.5 Å². The molecule has 0 radical (unpaired) electrons. The van der Waals surface area contributed by atoms with Gasteiger partial charge in [-0.05, 0) is 80.8 Å². The first kappa shape index (κ1) is 31.9. The summed E-state index contributed by atoms with van der Waals surface area (Å²) in [5.74, 6) is -0.396. The van der Waals surface area contributed by atoms with E-state index in [9.17, 15) is 24.3 Å². The minimum Gasteiger partial charge on any atom is -0.444 e. The van der Waals surface area contributed by atoms with Gasteiger partial charge in [-0.1, -0.05) is 50.6 Å². The Balaban J connectivity index is 1.42. The number of carbonyl (C=O) groups excluding carboxylic acids is 4. The van der Waals surface area contributed by atoms with Crippen molar-refractivity contribution >= 4 is 29.4 Å². The van der Waals surface area contributed by atoms with Gasteiger partial charge in [-0.3, -0.25) is 14.4 Å².